The van der Waals surface area contributed by atoms with Gasteiger partial charge in [-0.25, -0.2) is 0 Å². The number of hydrogen-bond acceptors (Lipinski definition) is 2. The normalized spacial score (nSPS) is 55.0. The average molecular weight is 304 g/mol. The fourth-order valence-electron chi connectivity index (χ4n) is 7.20. The van der Waals surface area contributed by atoms with Crippen LogP contribution in [0.15, 0.2) is 0 Å². The average Bonchev–Trinajstić information content (AvgIpc) is 2.49. The molecule has 0 aromatic carbocycles. The van der Waals surface area contributed by atoms with Crippen LogP contribution >= 0.6 is 0 Å². The number of carbonyl (C=O) groups is 1. The Morgan fingerprint density at radius 3 is 2.64 bits per heavy atom. The van der Waals surface area contributed by atoms with Crippen LogP contribution in [0.25, 0.3) is 0 Å². The molecule has 22 heavy (non-hydrogen) atoms. The zero-order valence-corrected chi connectivity index (χ0v) is 14.3. The lowest BCUT2D eigenvalue weighted by Gasteiger charge is -2.61. The number of aliphatic hydroxyl groups is 1. The van der Waals surface area contributed by atoms with Crippen LogP contribution in [-0.2, 0) is 4.79 Å². The van der Waals surface area contributed by atoms with E-state index in [0.29, 0.717) is 17.1 Å². The number of Topliss-reactive ketones (excluding diaryl/α,β-unsaturated/α-hetero) is 1. The van der Waals surface area contributed by atoms with Gasteiger partial charge in [0.1, 0.15) is 5.78 Å². The molecule has 0 saturated heterocycles. The van der Waals surface area contributed by atoms with Gasteiger partial charge in [-0.1, -0.05) is 13.8 Å². The van der Waals surface area contributed by atoms with Crippen molar-refractivity contribution in [1.82, 2.24) is 0 Å². The Hall–Kier alpha value is -0.370. The maximum atomic E-state index is 12.6. The molecule has 1 N–H and O–H groups in total. The van der Waals surface area contributed by atoms with E-state index in [-0.39, 0.29) is 11.5 Å². The van der Waals surface area contributed by atoms with Gasteiger partial charge in [0.05, 0.1) is 6.10 Å². The van der Waals surface area contributed by atoms with E-state index in [9.17, 15) is 9.90 Å². The van der Waals surface area contributed by atoms with Gasteiger partial charge < -0.3 is 5.11 Å². The molecule has 0 bridgehead atoms. The van der Waals surface area contributed by atoms with Crippen LogP contribution in [0.4, 0.5) is 0 Å². The van der Waals surface area contributed by atoms with Crippen LogP contribution in [0.5, 0.6) is 0 Å². The maximum absolute atomic E-state index is 12.6. The molecule has 2 heteroatoms. The van der Waals surface area contributed by atoms with Crippen molar-refractivity contribution in [1.29, 1.82) is 0 Å². The highest BCUT2D eigenvalue weighted by Gasteiger charge is 2.58. The molecule has 1 unspecified atom stereocenters. The summed E-state index contributed by atoms with van der Waals surface area (Å²) >= 11 is 0. The Bertz CT molecular complexity index is 472. The third-order valence-corrected chi connectivity index (χ3v) is 8.58. The fourth-order valence-corrected chi connectivity index (χ4v) is 7.20. The number of ketones is 1. The molecular weight excluding hydrogens is 272 g/mol. The monoisotopic (exact) mass is 304 g/mol. The minimum atomic E-state index is -0.0558. The Balaban J connectivity index is 1.63. The van der Waals surface area contributed by atoms with Crippen molar-refractivity contribution < 1.29 is 9.90 Å². The summed E-state index contributed by atoms with van der Waals surface area (Å²) in [5.41, 5.74) is 0.431. The smallest absolute Gasteiger partial charge is 0.139 e. The predicted octanol–water partition coefficient (Wildman–Crippen LogP) is 4.35. The molecule has 0 spiro atoms. The Morgan fingerprint density at radius 1 is 1.00 bits per heavy atom. The molecule has 4 saturated carbocycles. The molecule has 0 amide bonds. The van der Waals surface area contributed by atoms with Crippen molar-refractivity contribution >= 4 is 5.78 Å². The molecule has 0 aromatic heterocycles. The van der Waals surface area contributed by atoms with Crippen molar-refractivity contribution in [2.45, 2.75) is 84.2 Å². The number of fused-ring (bicyclic) bond motifs is 5. The van der Waals surface area contributed by atoms with Gasteiger partial charge in [0, 0.05) is 11.8 Å². The summed E-state index contributed by atoms with van der Waals surface area (Å²) in [7, 11) is 0. The largest absolute Gasteiger partial charge is 0.393 e. The van der Waals surface area contributed by atoms with Gasteiger partial charge in [-0.05, 0) is 86.9 Å². The zero-order valence-electron chi connectivity index (χ0n) is 14.3. The van der Waals surface area contributed by atoms with E-state index in [1.54, 1.807) is 0 Å². The van der Waals surface area contributed by atoms with Crippen molar-refractivity contribution in [3.63, 3.8) is 0 Å². The van der Waals surface area contributed by atoms with Crippen molar-refractivity contribution in [3.05, 3.63) is 0 Å². The summed E-state index contributed by atoms with van der Waals surface area (Å²) in [6, 6.07) is 0. The lowest BCUT2D eigenvalue weighted by atomic mass is 9.43. The van der Waals surface area contributed by atoms with Gasteiger partial charge >= 0.3 is 0 Å². The summed E-state index contributed by atoms with van der Waals surface area (Å²) in [6.07, 6.45) is 11.4. The van der Waals surface area contributed by atoms with Crippen molar-refractivity contribution in [2.75, 3.05) is 0 Å². The first-order chi connectivity index (χ1) is 10.4. The van der Waals surface area contributed by atoms with Crippen LogP contribution in [0, 0.1) is 34.5 Å². The van der Waals surface area contributed by atoms with E-state index in [1.165, 1.54) is 32.1 Å². The van der Waals surface area contributed by atoms with E-state index in [2.05, 4.69) is 13.8 Å². The molecule has 0 heterocycles. The molecule has 0 aliphatic heterocycles. The topological polar surface area (TPSA) is 37.3 Å². The summed E-state index contributed by atoms with van der Waals surface area (Å²) in [6.45, 7) is 4.81. The number of hydrogen-bond donors (Lipinski definition) is 1. The van der Waals surface area contributed by atoms with Gasteiger partial charge in [0.2, 0.25) is 0 Å². The first kappa shape index (κ1) is 15.2. The molecule has 0 radical (unpaired) electrons. The number of carbonyl (C=O) groups excluding carboxylic acids is 1. The maximum Gasteiger partial charge on any atom is 0.139 e. The van der Waals surface area contributed by atoms with Crippen molar-refractivity contribution in [2.24, 2.45) is 34.5 Å². The summed E-state index contributed by atoms with van der Waals surface area (Å²) in [4.78, 5) is 12.6. The second-order valence-electron chi connectivity index (χ2n) is 9.36. The van der Waals surface area contributed by atoms with Crippen LogP contribution in [0.2, 0.25) is 0 Å². The van der Waals surface area contributed by atoms with E-state index in [4.69, 9.17) is 0 Å². The van der Waals surface area contributed by atoms with Crippen LogP contribution in [-0.4, -0.2) is 17.0 Å². The third-order valence-electron chi connectivity index (χ3n) is 8.58. The molecule has 7 atom stereocenters. The quantitative estimate of drug-likeness (QED) is 0.722. The van der Waals surface area contributed by atoms with E-state index in [1.807, 2.05) is 0 Å². The van der Waals surface area contributed by atoms with Crippen molar-refractivity contribution in [3.8, 4) is 0 Å². The SMILES string of the molecule is C[C@]12CC[C@@H](O)C[C@H]1CC[C@H]1C3CCCC(=O)[C@@]3(C)CC[C@@H]12. The predicted molar refractivity (Wildman–Crippen MR) is 87.4 cm³/mol. The summed E-state index contributed by atoms with van der Waals surface area (Å²) in [5, 5.41) is 10.1. The highest BCUT2D eigenvalue weighted by molar-refractivity contribution is 5.85. The molecule has 4 aliphatic carbocycles. The summed E-state index contributed by atoms with van der Waals surface area (Å²) in [5.74, 6) is 3.52. The lowest BCUT2D eigenvalue weighted by molar-refractivity contribution is -0.158. The Morgan fingerprint density at radius 2 is 1.82 bits per heavy atom. The highest BCUT2D eigenvalue weighted by Crippen LogP contribution is 2.64. The third kappa shape index (κ3) is 1.98. The highest BCUT2D eigenvalue weighted by atomic mass is 16.3. The zero-order chi connectivity index (χ0) is 15.5. The first-order valence-electron chi connectivity index (χ1n) is 9.66. The van der Waals surface area contributed by atoms with E-state index < -0.39 is 0 Å². The van der Waals surface area contributed by atoms with E-state index in [0.717, 1.165) is 49.9 Å². The molecule has 0 aromatic rings. The first-order valence-corrected chi connectivity index (χ1v) is 9.66. The minimum Gasteiger partial charge on any atom is -0.393 e. The Kier molecular flexibility index (Phi) is 3.49. The van der Waals surface area contributed by atoms with Crippen LogP contribution in [0.3, 0.4) is 0 Å². The fraction of sp³-hybridized carbons (Fsp3) is 0.950. The van der Waals surface area contributed by atoms with Gasteiger partial charge in [-0.3, -0.25) is 4.79 Å². The Labute approximate surface area is 135 Å². The second kappa shape index (κ2) is 5.06. The van der Waals surface area contributed by atoms with Crippen LogP contribution in [0.1, 0.15) is 78.1 Å². The number of aliphatic hydroxyl groups excluding tert-OH is 1. The minimum absolute atomic E-state index is 0.00318. The van der Waals surface area contributed by atoms with Gasteiger partial charge in [-0.15, -0.1) is 0 Å². The summed E-state index contributed by atoms with van der Waals surface area (Å²) < 4.78 is 0. The molecule has 124 valence electrons. The number of rotatable bonds is 0. The lowest BCUT2D eigenvalue weighted by Crippen LogP contribution is -2.56. The van der Waals surface area contributed by atoms with Crippen LogP contribution < -0.4 is 0 Å². The molecular formula is C20H32O2. The van der Waals surface area contributed by atoms with Gasteiger partial charge in [0.15, 0.2) is 0 Å². The standard InChI is InChI=1S/C20H32O2/c1-19-10-8-14(21)12-13(19)6-7-15-16-4-3-5-18(22)20(16,2)11-9-17(15)19/h13-17,21H,3-12H2,1-2H3/t13-,14-,15+,16?,17+,19+,20+/m1/s1. The van der Waals surface area contributed by atoms with Gasteiger partial charge in [0.25, 0.3) is 0 Å². The van der Waals surface area contributed by atoms with E-state index >= 15 is 0 Å². The molecule has 4 fully saturated rings. The molecule has 4 rings (SSSR count). The molecule has 4 aliphatic rings. The second-order valence-corrected chi connectivity index (χ2v) is 9.36. The van der Waals surface area contributed by atoms with Gasteiger partial charge in [-0.2, -0.15) is 0 Å². The molecule has 2 nitrogen and oxygen atoms in total.